The predicted molar refractivity (Wildman–Crippen MR) is 65.2 cm³/mol. The van der Waals surface area contributed by atoms with Gasteiger partial charge in [-0.2, -0.15) is 11.8 Å². The van der Waals surface area contributed by atoms with Gasteiger partial charge in [-0.1, -0.05) is 13.8 Å². The summed E-state index contributed by atoms with van der Waals surface area (Å²) in [5.74, 6) is 2.32. The van der Waals surface area contributed by atoms with E-state index < -0.39 is 5.60 Å². The van der Waals surface area contributed by atoms with Gasteiger partial charge in [-0.25, -0.2) is 0 Å². The zero-order valence-corrected chi connectivity index (χ0v) is 10.7. The van der Waals surface area contributed by atoms with Gasteiger partial charge in [0.15, 0.2) is 0 Å². The molecule has 15 heavy (non-hydrogen) atoms. The standard InChI is InChI=1S/C11H23NO2S/c1-10(2)4-5-15-6-9(10)12-7-11(3,14)8-13/h9,12-14H,4-8H2,1-3H3. The van der Waals surface area contributed by atoms with Crippen LogP contribution in [-0.2, 0) is 0 Å². The lowest BCUT2D eigenvalue weighted by atomic mass is 9.82. The Morgan fingerprint density at radius 2 is 2.20 bits per heavy atom. The smallest absolute Gasteiger partial charge is 0.0972 e. The summed E-state index contributed by atoms with van der Waals surface area (Å²) < 4.78 is 0. The molecule has 0 saturated carbocycles. The van der Waals surface area contributed by atoms with Gasteiger partial charge in [-0.05, 0) is 24.5 Å². The van der Waals surface area contributed by atoms with Crippen molar-refractivity contribution in [2.24, 2.45) is 5.41 Å². The van der Waals surface area contributed by atoms with Crippen LogP contribution in [0.5, 0.6) is 0 Å². The van der Waals surface area contributed by atoms with Crippen molar-refractivity contribution in [2.45, 2.75) is 38.8 Å². The Morgan fingerprint density at radius 1 is 1.53 bits per heavy atom. The minimum atomic E-state index is -1.00. The number of rotatable bonds is 4. The molecule has 3 N–H and O–H groups in total. The molecule has 90 valence electrons. The average molecular weight is 233 g/mol. The van der Waals surface area contributed by atoms with E-state index in [9.17, 15) is 5.11 Å². The number of nitrogens with one attached hydrogen (secondary N) is 1. The van der Waals surface area contributed by atoms with Crippen LogP contribution in [0.15, 0.2) is 0 Å². The molecule has 4 heteroatoms. The highest BCUT2D eigenvalue weighted by Crippen LogP contribution is 2.34. The summed E-state index contributed by atoms with van der Waals surface area (Å²) in [6.45, 7) is 6.44. The molecule has 1 aliphatic heterocycles. The zero-order chi connectivity index (χ0) is 11.5. The van der Waals surface area contributed by atoms with Crippen LogP contribution in [0.3, 0.4) is 0 Å². The second-order valence-corrected chi connectivity index (χ2v) is 6.55. The molecule has 0 aromatic heterocycles. The molecule has 3 nitrogen and oxygen atoms in total. The number of aliphatic hydroxyl groups is 2. The van der Waals surface area contributed by atoms with Gasteiger partial charge < -0.3 is 15.5 Å². The Labute approximate surface area is 96.6 Å². The van der Waals surface area contributed by atoms with Gasteiger partial charge in [-0.15, -0.1) is 0 Å². The summed E-state index contributed by atoms with van der Waals surface area (Å²) in [5, 5.41) is 22.0. The van der Waals surface area contributed by atoms with Crippen molar-refractivity contribution in [1.82, 2.24) is 5.32 Å². The fraction of sp³-hybridized carbons (Fsp3) is 1.00. The van der Waals surface area contributed by atoms with Crippen molar-refractivity contribution in [3.05, 3.63) is 0 Å². The third kappa shape index (κ3) is 3.94. The highest BCUT2D eigenvalue weighted by molar-refractivity contribution is 7.99. The van der Waals surface area contributed by atoms with Crippen molar-refractivity contribution in [2.75, 3.05) is 24.7 Å². The Morgan fingerprint density at radius 3 is 2.73 bits per heavy atom. The van der Waals surface area contributed by atoms with E-state index in [2.05, 4.69) is 19.2 Å². The number of hydrogen-bond acceptors (Lipinski definition) is 4. The van der Waals surface area contributed by atoms with Gasteiger partial charge in [0, 0.05) is 18.3 Å². The molecule has 0 amide bonds. The monoisotopic (exact) mass is 233 g/mol. The SMILES string of the molecule is CC(O)(CO)CNC1CSCCC1(C)C. The van der Waals surface area contributed by atoms with Crippen molar-refractivity contribution in [3.63, 3.8) is 0 Å². The minimum absolute atomic E-state index is 0.194. The quantitative estimate of drug-likeness (QED) is 0.674. The summed E-state index contributed by atoms with van der Waals surface area (Å²) in [6.07, 6.45) is 1.20. The molecule has 0 aromatic carbocycles. The lowest BCUT2D eigenvalue weighted by Crippen LogP contribution is -2.52. The maximum Gasteiger partial charge on any atom is 0.0972 e. The van der Waals surface area contributed by atoms with Crippen LogP contribution >= 0.6 is 11.8 Å². The third-order valence-corrected chi connectivity index (χ3v) is 4.25. The first-order valence-electron chi connectivity index (χ1n) is 5.52. The van der Waals surface area contributed by atoms with Crippen molar-refractivity contribution in [1.29, 1.82) is 0 Å². The van der Waals surface area contributed by atoms with E-state index in [0.717, 1.165) is 5.75 Å². The molecule has 0 aliphatic carbocycles. The molecule has 1 fully saturated rings. The Bertz CT molecular complexity index is 207. The Balaban J connectivity index is 2.43. The molecule has 1 aliphatic rings. The second-order valence-electron chi connectivity index (χ2n) is 5.40. The summed E-state index contributed by atoms with van der Waals surface area (Å²) in [5.41, 5.74) is -0.713. The molecule has 1 rings (SSSR count). The molecule has 0 spiro atoms. The molecule has 1 saturated heterocycles. The van der Waals surface area contributed by atoms with Gasteiger partial charge in [0.2, 0.25) is 0 Å². The van der Waals surface area contributed by atoms with E-state index in [1.807, 2.05) is 11.8 Å². The van der Waals surface area contributed by atoms with Crippen LogP contribution < -0.4 is 5.32 Å². The molecule has 0 aromatic rings. The maximum atomic E-state index is 9.70. The van der Waals surface area contributed by atoms with Crippen LogP contribution in [0.25, 0.3) is 0 Å². The number of aliphatic hydroxyl groups excluding tert-OH is 1. The summed E-state index contributed by atoms with van der Waals surface area (Å²) >= 11 is 1.96. The van der Waals surface area contributed by atoms with Crippen LogP contribution in [0.4, 0.5) is 0 Å². The summed E-state index contributed by atoms with van der Waals surface area (Å²) in [6, 6.07) is 0.425. The van der Waals surface area contributed by atoms with Crippen molar-refractivity contribution < 1.29 is 10.2 Å². The van der Waals surface area contributed by atoms with Crippen molar-refractivity contribution in [3.8, 4) is 0 Å². The molecule has 1 heterocycles. The average Bonchev–Trinajstić information content (AvgIpc) is 2.16. The third-order valence-electron chi connectivity index (χ3n) is 3.19. The molecule has 2 unspecified atom stereocenters. The molecular formula is C11H23NO2S. The van der Waals surface area contributed by atoms with E-state index in [1.165, 1.54) is 12.2 Å². The van der Waals surface area contributed by atoms with Crippen LogP contribution in [0.2, 0.25) is 0 Å². The normalized spacial score (nSPS) is 29.8. The predicted octanol–water partition coefficient (Wildman–Crippen LogP) is 0.851. The lowest BCUT2D eigenvalue weighted by Gasteiger charge is -2.40. The first kappa shape index (κ1) is 13.3. The Kier molecular flexibility index (Phi) is 4.47. The number of hydrogen-bond donors (Lipinski definition) is 3. The van der Waals surface area contributed by atoms with Crippen LogP contribution in [-0.4, -0.2) is 46.5 Å². The van der Waals surface area contributed by atoms with E-state index in [-0.39, 0.29) is 12.0 Å². The second kappa shape index (κ2) is 5.04. The summed E-state index contributed by atoms with van der Waals surface area (Å²) in [4.78, 5) is 0. The minimum Gasteiger partial charge on any atom is -0.393 e. The summed E-state index contributed by atoms with van der Waals surface area (Å²) in [7, 11) is 0. The zero-order valence-electron chi connectivity index (χ0n) is 9.92. The highest BCUT2D eigenvalue weighted by Gasteiger charge is 2.33. The van der Waals surface area contributed by atoms with Gasteiger partial charge in [-0.3, -0.25) is 0 Å². The van der Waals surface area contributed by atoms with Gasteiger partial charge in [0.05, 0.1) is 12.2 Å². The van der Waals surface area contributed by atoms with E-state index in [1.54, 1.807) is 6.92 Å². The fourth-order valence-electron chi connectivity index (χ4n) is 1.67. The topological polar surface area (TPSA) is 52.5 Å². The van der Waals surface area contributed by atoms with Gasteiger partial charge >= 0.3 is 0 Å². The maximum absolute atomic E-state index is 9.70. The lowest BCUT2D eigenvalue weighted by molar-refractivity contribution is -0.00204. The largest absolute Gasteiger partial charge is 0.393 e. The van der Waals surface area contributed by atoms with Crippen LogP contribution in [0.1, 0.15) is 27.2 Å². The van der Waals surface area contributed by atoms with Crippen molar-refractivity contribution >= 4 is 11.8 Å². The first-order chi connectivity index (χ1) is 6.87. The van der Waals surface area contributed by atoms with Crippen LogP contribution in [0, 0.1) is 5.41 Å². The highest BCUT2D eigenvalue weighted by atomic mass is 32.2. The van der Waals surface area contributed by atoms with Gasteiger partial charge in [0.1, 0.15) is 0 Å². The van der Waals surface area contributed by atoms with Gasteiger partial charge in [0.25, 0.3) is 0 Å². The molecule has 0 radical (unpaired) electrons. The first-order valence-corrected chi connectivity index (χ1v) is 6.67. The molecule has 2 atom stereocenters. The van der Waals surface area contributed by atoms with E-state index in [0.29, 0.717) is 12.6 Å². The number of thioether (sulfide) groups is 1. The molecule has 0 bridgehead atoms. The fourth-order valence-corrected chi connectivity index (χ4v) is 3.31. The van der Waals surface area contributed by atoms with E-state index in [4.69, 9.17) is 5.11 Å². The Hall–Kier alpha value is 0.230. The van der Waals surface area contributed by atoms with E-state index >= 15 is 0 Å². The molecular weight excluding hydrogens is 210 g/mol.